The highest BCUT2D eigenvalue weighted by Gasteiger charge is 2.14. The van der Waals surface area contributed by atoms with E-state index in [1.807, 2.05) is 12.4 Å². The van der Waals surface area contributed by atoms with Crippen LogP contribution in [-0.4, -0.2) is 59.5 Å². The van der Waals surface area contributed by atoms with Crippen molar-refractivity contribution < 1.29 is 0 Å². The summed E-state index contributed by atoms with van der Waals surface area (Å²) in [5.41, 5.74) is 2.60. The molecule has 4 nitrogen and oxygen atoms in total. The van der Waals surface area contributed by atoms with Gasteiger partial charge in [0.2, 0.25) is 0 Å². The van der Waals surface area contributed by atoms with Crippen LogP contribution in [0.15, 0.2) is 36.7 Å². The number of likely N-dealkylation sites (N-methyl/N-ethyl adjacent to an activating group) is 1. The maximum absolute atomic E-state index is 4.38. The van der Waals surface area contributed by atoms with Gasteiger partial charge < -0.3 is 14.8 Å². The van der Waals surface area contributed by atoms with Gasteiger partial charge in [0.15, 0.2) is 0 Å². The van der Waals surface area contributed by atoms with Crippen molar-refractivity contribution in [2.24, 2.45) is 0 Å². The van der Waals surface area contributed by atoms with Gasteiger partial charge in [-0.3, -0.25) is 0 Å². The predicted molar refractivity (Wildman–Crippen MR) is 81.7 cm³/mol. The van der Waals surface area contributed by atoms with Crippen molar-refractivity contribution >= 4 is 0 Å². The van der Waals surface area contributed by atoms with E-state index in [1.54, 1.807) is 0 Å². The van der Waals surface area contributed by atoms with Crippen molar-refractivity contribution in [2.45, 2.75) is 6.42 Å². The molecular weight excluding hydrogens is 248 g/mol. The standard InChI is InChI=1S/C16H22N4/c1-19-10-12-20(13-11-19)9-6-14-4-2-3-5-15(14)16-17-7-8-18-16/h2-5,7-8H,6,9-13H2,1H3,(H,17,18). The summed E-state index contributed by atoms with van der Waals surface area (Å²) in [6, 6.07) is 8.56. The Morgan fingerprint density at radius 2 is 1.95 bits per heavy atom. The second-order valence-corrected chi connectivity index (χ2v) is 5.49. The maximum atomic E-state index is 4.38. The average Bonchev–Trinajstić information content (AvgIpc) is 3.01. The average molecular weight is 270 g/mol. The monoisotopic (exact) mass is 270 g/mol. The molecule has 1 aliphatic rings. The molecule has 0 atom stereocenters. The number of piperazine rings is 1. The molecule has 1 fully saturated rings. The third kappa shape index (κ3) is 3.08. The Hall–Kier alpha value is -1.65. The Bertz CT molecular complexity index is 527. The van der Waals surface area contributed by atoms with Crippen molar-refractivity contribution in [1.82, 2.24) is 19.8 Å². The second-order valence-electron chi connectivity index (χ2n) is 5.49. The molecule has 0 aliphatic carbocycles. The third-order valence-corrected chi connectivity index (χ3v) is 4.06. The molecule has 0 saturated carbocycles. The molecule has 0 unspecified atom stereocenters. The molecule has 0 amide bonds. The van der Waals surface area contributed by atoms with E-state index in [4.69, 9.17) is 0 Å². The van der Waals surface area contributed by atoms with Crippen LogP contribution in [0.3, 0.4) is 0 Å². The van der Waals surface area contributed by atoms with Gasteiger partial charge in [0.25, 0.3) is 0 Å². The van der Waals surface area contributed by atoms with Crippen LogP contribution in [0.5, 0.6) is 0 Å². The SMILES string of the molecule is CN1CCN(CCc2ccccc2-c2ncc[nH]2)CC1. The topological polar surface area (TPSA) is 35.2 Å². The minimum atomic E-state index is 0.971. The fourth-order valence-corrected chi connectivity index (χ4v) is 2.73. The Morgan fingerprint density at radius 1 is 1.15 bits per heavy atom. The van der Waals surface area contributed by atoms with Crippen LogP contribution in [0.1, 0.15) is 5.56 Å². The van der Waals surface area contributed by atoms with Crippen molar-refractivity contribution in [3.05, 3.63) is 42.2 Å². The highest BCUT2D eigenvalue weighted by molar-refractivity contribution is 5.60. The molecule has 1 N–H and O–H groups in total. The van der Waals surface area contributed by atoms with E-state index in [0.717, 1.165) is 18.8 Å². The van der Waals surface area contributed by atoms with Gasteiger partial charge in [-0.2, -0.15) is 0 Å². The van der Waals surface area contributed by atoms with Crippen LogP contribution < -0.4 is 0 Å². The van der Waals surface area contributed by atoms with Crippen LogP contribution in [0.25, 0.3) is 11.4 Å². The quantitative estimate of drug-likeness (QED) is 0.921. The van der Waals surface area contributed by atoms with Gasteiger partial charge in [0.1, 0.15) is 5.82 Å². The zero-order valence-electron chi connectivity index (χ0n) is 12.0. The van der Waals surface area contributed by atoms with Crippen LogP contribution in [0, 0.1) is 0 Å². The Balaban J connectivity index is 1.66. The van der Waals surface area contributed by atoms with Crippen molar-refractivity contribution in [3.63, 3.8) is 0 Å². The van der Waals surface area contributed by atoms with Gasteiger partial charge >= 0.3 is 0 Å². The molecule has 4 heteroatoms. The summed E-state index contributed by atoms with van der Waals surface area (Å²) in [6.45, 7) is 5.85. The number of H-pyrrole nitrogens is 1. The van der Waals surface area contributed by atoms with Crippen molar-refractivity contribution in [1.29, 1.82) is 0 Å². The maximum Gasteiger partial charge on any atom is 0.137 e. The lowest BCUT2D eigenvalue weighted by atomic mass is 10.0. The molecule has 2 heterocycles. The minimum Gasteiger partial charge on any atom is -0.345 e. The highest BCUT2D eigenvalue weighted by atomic mass is 15.2. The van der Waals surface area contributed by atoms with E-state index >= 15 is 0 Å². The van der Waals surface area contributed by atoms with E-state index < -0.39 is 0 Å². The molecule has 0 spiro atoms. The van der Waals surface area contributed by atoms with Crippen LogP contribution in [0.4, 0.5) is 0 Å². The summed E-state index contributed by atoms with van der Waals surface area (Å²) < 4.78 is 0. The first-order valence-corrected chi connectivity index (χ1v) is 7.31. The number of benzene rings is 1. The number of hydrogen-bond acceptors (Lipinski definition) is 3. The lowest BCUT2D eigenvalue weighted by molar-refractivity contribution is 0.155. The van der Waals surface area contributed by atoms with Crippen LogP contribution in [-0.2, 0) is 6.42 Å². The Kier molecular flexibility index (Phi) is 4.14. The molecule has 0 radical (unpaired) electrons. The van der Waals surface area contributed by atoms with Crippen molar-refractivity contribution in [3.8, 4) is 11.4 Å². The molecule has 1 aromatic heterocycles. The molecule has 20 heavy (non-hydrogen) atoms. The minimum absolute atomic E-state index is 0.971. The largest absolute Gasteiger partial charge is 0.345 e. The fraction of sp³-hybridized carbons (Fsp3) is 0.438. The van der Waals surface area contributed by atoms with Crippen molar-refractivity contribution in [2.75, 3.05) is 39.8 Å². The van der Waals surface area contributed by atoms with E-state index in [2.05, 4.69) is 51.1 Å². The second kappa shape index (κ2) is 6.20. The number of hydrogen-bond donors (Lipinski definition) is 1. The molecular formula is C16H22N4. The summed E-state index contributed by atoms with van der Waals surface area (Å²) in [5.74, 6) is 0.971. The molecule has 0 bridgehead atoms. The Morgan fingerprint density at radius 3 is 2.70 bits per heavy atom. The zero-order valence-corrected chi connectivity index (χ0v) is 12.0. The van der Waals surface area contributed by atoms with Gasteiger partial charge in [0, 0.05) is 50.7 Å². The summed E-state index contributed by atoms with van der Waals surface area (Å²) in [7, 11) is 2.20. The number of imidazole rings is 1. The molecule has 1 aliphatic heterocycles. The summed E-state index contributed by atoms with van der Waals surface area (Å²) in [4.78, 5) is 12.5. The molecule has 3 rings (SSSR count). The lowest BCUT2D eigenvalue weighted by Crippen LogP contribution is -2.45. The molecule has 1 saturated heterocycles. The number of nitrogens with zero attached hydrogens (tertiary/aromatic N) is 3. The first kappa shape index (κ1) is 13.3. The summed E-state index contributed by atoms with van der Waals surface area (Å²) in [6.07, 6.45) is 4.78. The first-order valence-electron chi connectivity index (χ1n) is 7.31. The normalized spacial score (nSPS) is 17.4. The van der Waals surface area contributed by atoms with Gasteiger partial charge in [-0.15, -0.1) is 0 Å². The fourth-order valence-electron chi connectivity index (χ4n) is 2.73. The van der Waals surface area contributed by atoms with Gasteiger partial charge in [-0.1, -0.05) is 24.3 Å². The predicted octanol–water partition coefficient (Wildman–Crippen LogP) is 1.87. The van der Waals surface area contributed by atoms with Gasteiger partial charge in [0.05, 0.1) is 0 Å². The van der Waals surface area contributed by atoms with Crippen LogP contribution >= 0.6 is 0 Å². The highest BCUT2D eigenvalue weighted by Crippen LogP contribution is 2.20. The first-order chi connectivity index (χ1) is 9.83. The van der Waals surface area contributed by atoms with E-state index in [1.165, 1.54) is 37.3 Å². The Labute approximate surface area is 120 Å². The lowest BCUT2D eigenvalue weighted by Gasteiger charge is -2.32. The smallest absolute Gasteiger partial charge is 0.137 e. The molecule has 2 aromatic rings. The summed E-state index contributed by atoms with van der Waals surface area (Å²) in [5, 5.41) is 0. The number of rotatable bonds is 4. The van der Waals surface area contributed by atoms with Gasteiger partial charge in [-0.25, -0.2) is 4.98 Å². The third-order valence-electron chi connectivity index (χ3n) is 4.06. The van der Waals surface area contributed by atoms with E-state index in [-0.39, 0.29) is 0 Å². The number of aromatic nitrogens is 2. The van der Waals surface area contributed by atoms with Crippen LogP contribution in [0.2, 0.25) is 0 Å². The number of nitrogens with one attached hydrogen (secondary N) is 1. The summed E-state index contributed by atoms with van der Waals surface area (Å²) >= 11 is 0. The van der Waals surface area contributed by atoms with E-state index in [0.29, 0.717) is 0 Å². The number of aromatic amines is 1. The zero-order chi connectivity index (χ0) is 13.8. The molecule has 106 valence electrons. The van der Waals surface area contributed by atoms with E-state index in [9.17, 15) is 0 Å². The molecule has 1 aromatic carbocycles. The van der Waals surface area contributed by atoms with Gasteiger partial charge in [-0.05, 0) is 19.0 Å².